The number of carbonyl (C=O) groups excluding carboxylic acids is 1. The minimum atomic E-state index is -0.908. The van der Waals surface area contributed by atoms with Crippen molar-refractivity contribution in [1.29, 1.82) is 0 Å². The van der Waals surface area contributed by atoms with E-state index in [1.807, 2.05) is 12.1 Å². The molecular formula is C22H20FNO5S2. The highest BCUT2D eigenvalue weighted by Gasteiger charge is 2.31. The number of carbonyl (C=O) groups is 2. The van der Waals surface area contributed by atoms with E-state index in [9.17, 15) is 14.0 Å². The van der Waals surface area contributed by atoms with Gasteiger partial charge in [0.1, 0.15) is 28.2 Å². The molecule has 0 saturated carbocycles. The van der Waals surface area contributed by atoms with Gasteiger partial charge in [-0.15, -0.1) is 0 Å². The van der Waals surface area contributed by atoms with E-state index in [0.717, 1.165) is 11.1 Å². The summed E-state index contributed by atoms with van der Waals surface area (Å²) in [5.41, 5.74) is 1.53. The molecular weight excluding hydrogens is 441 g/mol. The van der Waals surface area contributed by atoms with Gasteiger partial charge in [0, 0.05) is 18.5 Å². The van der Waals surface area contributed by atoms with Crippen LogP contribution in [0.15, 0.2) is 47.4 Å². The Kier molecular flexibility index (Phi) is 7.64. The molecule has 9 heteroatoms. The van der Waals surface area contributed by atoms with E-state index in [1.54, 1.807) is 31.4 Å². The molecule has 1 N–H and O–H groups in total. The fourth-order valence-electron chi connectivity index (χ4n) is 2.93. The number of carboxylic acids is 1. The molecule has 2 aromatic rings. The Morgan fingerprint density at radius 3 is 2.68 bits per heavy atom. The van der Waals surface area contributed by atoms with Gasteiger partial charge < -0.3 is 14.6 Å². The topological polar surface area (TPSA) is 76.1 Å². The Morgan fingerprint density at radius 1 is 1.26 bits per heavy atom. The van der Waals surface area contributed by atoms with Crippen molar-refractivity contribution < 1.29 is 28.6 Å². The van der Waals surface area contributed by atoms with Crippen LogP contribution in [0, 0.1) is 5.82 Å². The molecule has 0 unspecified atom stereocenters. The smallest absolute Gasteiger partial charge is 0.303 e. The maximum Gasteiger partial charge on any atom is 0.303 e. The van der Waals surface area contributed by atoms with Gasteiger partial charge >= 0.3 is 5.97 Å². The fraction of sp³-hybridized carbons (Fsp3) is 0.227. The first-order valence-corrected chi connectivity index (χ1v) is 10.6. The Labute approximate surface area is 188 Å². The first kappa shape index (κ1) is 22.8. The Balaban J connectivity index is 1.73. The number of benzene rings is 2. The monoisotopic (exact) mass is 461 g/mol. The zero-order valence-electron chi connectivity index (χ0n) is 16.7. The van der Waals surface area contributed by atoms with Gasteiger partial charge in [0.15, 0.2) is 0 Å². The third-order valence-electron chi connectivity index (χ3n) is 4.46. The van der Waals surface area contributed by atoms with Crippen LogP contribution in [0.1, 0.15) is 24.0 Å². The van der Waals surface area contributed by atoms with Crippen molar-refractivity contribution in [2.75, 3.05) is 13.7 Å². The van der Waals surface area contributed by atoms with E-state index in [2.05, 4.69) is 0 Å². The average Bonchev–Trinajstić information content (AvgIpc) is 3.00. The number of halogens is 1. The average molecular weight is 462 g/mol. The number of amides is 1. The SMILES string of the molecule is COc1ccc(C=C2SC(=S)N(CCCC(=O)O)C2=O)cc1COc1ccc(F)cc1. The van der Waals surface area contributed by atoms with E-state index in [4.69, 9.17) is 26.8 Å². The van der Waals surface area contributed by atoms with Gasteiger partial charge in [-0.3, -0.25) is 14.5 Å². The van der Waals surface area contributed by atoms with Crippen molar-refractivity contribution >= 4 is 46.3 Å². The van der Waals surface area contributed by atoms with Crippen molar-refractivity contribution in [2.45, 2.75) is 19.4 Å². The van der Waals surface area contributed by atoms with Gasteiger partial charge in [-0.25, -0.2) is 4.39 Å². The standard InChI is InChI=1S/C22H20FNO5S2/c1-28-18-9-4-14(11-15(18)13-29-17-7-5-16(23)6-8-17)12-19-21(27)24(22(30)31-19)10-2-3-20(25)26/h4-9,11-12H,2-3,10,13H2,1H3,(H,25,26). The maximum atomic E-state index is 13.1. The van der Waals surface area contributed by atoms with E-state index in [-0.39, 0.29) is 31.3 Å². The Hall–Kier alpha value is -2.91. The molecule has 1 fully saturated rings. The minimum Gasteiger partial charge on any atom is -0.496 e. The largest absolute Gasteiger partial charge is 0.496 e. The fourth-order valence-corrected chi connectivity index (χ4v) is 4.23. The van der Waals surface area contributed by atoms with Crippen LogP contribution in [0.2, 0.25) is 0 Å². The number of thiocarbonyl (C=S) groups is 1. The molecule has 0 radical (unpaired) electrons. The number of ether oxygens (including phenoxy) is 2. The predicted octanol–water partition coefficient (Wildman–Crippen LogP) is 4.48. The summed E-state index contributed by atoms with van der Waals surface area (Å²) >= 11 is 6.46. The molecule has 1 saturated heterocycles. The molecule has 1 aliphatic heterocycles. The number of hydrogen-bond donors (Lipinski definition) is 1. The molecule has 0 spiro atoms. The third-order valence-corrected chi connectivity index (χ3v) is 5.83. The summed E-state index contributed by atoms with van der Waals surface area (Å²) < 4.78 is 24.6. The second-order valence-electron chi connectivity index (χ2n) is 6.64. The maximum absolute atomic E-state index is 13.1. The second-order valence-corrected chi connectivity index (χ2v) is 8.32. The van der Waals surface area contributed by atoms with Crippen LogP contribution in [0.4, 0.5) is 4.39 Å². The number of methoxy groups -OCH3 is 1. The van der Waals surface area contributed by atoms with Crippen molar-refractivity contribution in [3.63, 3.8) is 0 Å². The van der Waals surface area contributed by atoms with E-state index in [0.29, 0.717) is 27.1 Å². The van der Waals surface area contributed by atoms with E-state index in [1.165, 1.54) is 28.8 Å². The summed E-state index contributed by atoms with van der Waals surface area (Å²) in [7, 11) is 1.55. The van der Waals surface area contributed by atoms with Crippen LogP contribution >= 0.6 is 24.0 Å². The highest BCUT2D eigenvalue weighted by Crippen LogP contribution is 2.33. The van der Waals surface area contributed by atoms with Crippen molar-refractivity contribution in [3.05, 3.63) is 64.3 Å². The molecule has 1 heterocycles. The minimum absolute atomic E-state index is 0.0218. The van der Waals surface area contributed by atoms with Crippen molar-refractivity contribution in [2.24, 2.45) is 0 Å². The number of hydrogen-bond acceptors (Lipinski definition) is 6. The van der Waals surface area contributed by atoms with Gasteiger partial charge in [-0.2, -0.15) is 0 Å². The van der Waals surface area contributed by atoms with E-state index >= 15 is 0 Å². The third kappa shape index (κ3) is 6.05. The first-order valence-electron chi connectivity index (χ1n) is 9.40. The highest BCUT2D eigenvalue weighted by atomic mass is 32.2. The molecule has 0 atom stereocenters. The Morgan fingerprint density at radius 2 is 2.00 bits per heavy atom. The summed E-state index contributed by atoms with van der Waals surface area (Å²) in [4.78, 5) is 25.3. The summed E-state index contributed by atoms with van der Waals surface area (Å²) in [5.74, 6) is -0.335. The predicted molar refractivity (Wildman–Crippen MR) is 120 cm³/mol. The van der Waals surface area contributed by atoms with Gasteiger partial charge in [0.25, 0.3) is 5.91 Å². The van der Waals surface area contributed by atoms with Crippen LogP contribution in [0.25, 0.3) is 6.08 Å². The molecule has 2 aromatic carbocycles. The lowest BCUT2D eigenvalue weighted by molar-refractivity contribution is -0.137. The molecule has 0 aliphatic carbocycles. The van der Waals surface area contributed by atoms with Crippen LogP contribution in [0.3, 0.4) is 0 Å². The number of nitrogens with zero attached hydrogens (tertiary/aromatic N) is 1. The molecule has 1 amide bonds. The molecule has 0 aromatic heterocycles. The van der Waals surface area contributed by atoms with Gasteiger partial charge in [-0.05, 0) is 54.5 Å². The first-order chi connectivity index (χ1) is 14.9. The zero-order chi connectivity index (χ0) is 22.4. The number of rotatable bonds is 9. The molecule has 6 nitrogen and oxygen atoms in total. The zero-order valence-corrected chi connectivity index (χ0v) is 18.3. The molecule has 3 rings (SSSR count). The summed E-state index contributed by atoms with van der Waals surface area (Å²) in [6, 6.07) is 11.2. The normalized spacial score (nSPS) is 14.9. The number of carboxylic acid groups (broad SMARTS) is 1. The van der Waals surface area contributed by atoms with Gasteiger partial charge in [0.2, 0.25) is 0 Å². The van der Waals surface area contributed by atoms with Crippen LogP contribution in [-0.2, 0) is 16.2 Å². The van der Waals surface area contributed by atoms with Crippen LogP contribution < -0.4 is 9.47 Å². The lowest BCUT2D eigenvalue weighted by Crippen LogP contribution is -2.29. The number of thioether (sulfide) groups is 1. The molecule has 1 aliphatic rings. The van der Waals surface area contributed by atoms with Crippen LogP contribution in [-0.4, -0.2) is 39.9 Å². The lowest BCUT2D eigenvalue weighted by atomic mass is 10.1. The van der Waals surface area contributed by atoms with Gasteiger partial charge in [0.05, 0.1) is 12.0 Å². The van der Waals surface area contributed by atoms with Crippen molar-refractivity contribution in [1.82, 2.24) is 4.90 Å². The highest BCUT2D eigenvalue weighted by molar-refractivity contribution is 8.26. The Bertz CT molecular complexity index is 1020. The quantitative estimate of drug-likeness (QED) is 0.436. The summed E-state index contributed by atoms with van der Waals surface area (Å²) in [6.07, 6.45) is 2.05. The van der Waals surface area contributed by atoms with Crippen molar-refractivity contribution in [3.8, 4) is 11.5 Å². The summed E-state index contributed by atoms with van der Waals surface area (Å²) in [5, 5.41) is 8.77. The van der Waals surface area contributed by atoms with Gasteiger partial charge in [-0.1, -0.05) is 30.0 Å². The lowest BCUT2D eigenvalue weighted by Gasteiger charge is -2.13. The molecule has 162 valence electrons. The molecule has 31 heavy (non-hydrogen) atoms. The summed E-state index contributed by atoms with van der Waals surface area (Å²) in [6.45, 7) is 0.473. The molecule has 0 bridgehead atoms. The number of aliphatic carboxylic acids is 1. The van der Waals surface area contributed by atoms with E-state index < -0.39 is 5.97 Å². The van der Waals surface area contributed by atoms with Crippen LogP contribution in [0.5, 0.6) is 11.5 Å². The second kappa shape index (κ2) is 10.4.